The van der Waals surface area contributed by atoms with Gasteiger partial charge in [-0.05, 0) is 42.0 Å². The molecule has 0 saturated heterocycles. The summed E-state index contributed by atoms with van der Waals surface area (Å²) in [5.74, 6) is 0.624. The van der Waals surface area contributed by atoms with Gasteiger partial charge in [0, 0.05) is 41.9 Å². The van der Waals surface area contributed by atoms with Gasteiger partial charge in [0.1, 0.15) is 11.6 Å². The molecule has 9 heteroatoms. The quantitative estimate of drug-likeness (QED) is 0.438. The molecule has 0 aliphatic carbocycles. The van der Waals surface area contributed by atoms with E-state index in [9.17, 15) is 9.18 Å². The third-order valence-corrected chi connectivity index (χ3v) is 4.29. The molecule has 0 atom stereocenters. The minimum Gasteiger partial charge on any atom is -0.378 e. The smallest absolute Gasteiger partial charge is 0.251 e. The number of aromatic amines is 1. The van der Waals surface area contributed by atoms with Crippen molar-refractivity contribution in [1.29, 1.82) is 0 Å². The van der Waals surface area contributed by atoms with E-state index < -0.39 is 5.82 Å². The fourth-order valence-corrected chi connectivity index (χ4v) is 2.81. The van der Waals surface area contributed by atoms with Crippen LogP contribution in [0.1, 0.15) is 21.7 Å². The van der Waals surface area contributed by atoms with Gasteiger partial charge in [-0.1, -0.05) is 6.07 Å². The van der Waals surface area contributed by atoms with Crippen LogP contribution in [0.2, 0.25) is 0 Å². The Kier molecular flexibility index (Phi) is 5.70. The Hall–Kier alpha value is -4.14. The summed E-state index contributed by atoms with van der Waals surface area (Å²) in [6.45, 7) is 0.606. The van der Waals surface area contributed by atoms with Crippen LogP contribution in [0, 0.1) is 5.82 Å². The highest BCUT2D eigenvalue weighted by Gasteiger charge is 2.08. The van der Waals surface area contributed by atoms with Crippen molar-refractivity contribution in [3.8, 4) is 11.4 Å². The number of nitrogens with zero attached hydrogens (tertiary/aromatic N) is 4. The highest BCUT2D eigenvalue weighted by Crippen LogP contribution is 2.15. The van der Waals surface area contributed by atoms with Gasteiger partial charge >= 0.3 is 0 Å². The van der Waals surface area contributed by atoms with Crippen LogP contribution in [-0.2, 0) is 13.1 Å². The van der Waals surface area contributed by atoms with Crippen molar-refractivity contribution < 1.29 is 9.18 Å². The maximum atomic E-state index is 13.2. The summed E-state index contributed by atoms with van der Waals surface area (Å²) in [4.78, 5) is 23.3. The second-order valence-electron chi connectivity index (χ2n) is 6.48. The molecule has 0 aliphatic rings. The van der Waals surface area contributed by atoms with Crippen LogP contribution in [-0.4, -0.2) is 31.1 Å². The van der Waals surface area contributed by atoms with E-state index in [2.05, 4.69) is 35.8 Å². The number of hydrogen-bond donors (Lipinski definition) is 3. The van der Waals surface area contributed by atoms with Crippen molar-refractivity contribution in [1.82, 2.24) is 30.5 Å². The molecule has 4 aromatic rings. The molecule has 0 saturated carbocycles. The predicted molar refractivity (Wildman–Crippen MR) is 109 cm³/mol. The van der Waals surface area contributed by atoms with Crippen LogP contribution in [0.25, 0.3) is 11.4 Å². The summed E-state index contributed by atoms with van der Waals surface area (Å²) in [6.07, 6.45) is 6.02. The fourth-order valence-electron chi connectivity index (χ4n) is 2.81. The van der Waals surface area contributed by atoms with Gasteiger partial charge in [-0.25, -0.2) is 4.39 Å². The Bertz CT molecular complexity index is 1150. The van der Waals surface area contributed by atoms with Gasteiger partial charge in [-0.15, -0.1) is 10.2 Å². The van der Waals surface area contributed by atoms with Crippen LogP contribution in [0.4, 0.5) is 10.1 Å². The molecule has 4 rings (SSSR count). The maximum absolute atomic E-state index is 13.2. The number of halogens is 1. The van der Waals surface area contributed by atoms with Gasteiger partial charge < -0.3 is 15.6 Å². The number of benzene rings is 1. The largest absolute Gasteiger partial charge is 0.378 e. The third kappa shape index (κ3) is 4.82. The van der Waals surface area contributed by atoms with E-state index in [0.717, 1.165) is 17.4 Å². The molecule has 0 bridgehead atoms. The summed E-state index contributed by atoms with van der Waals surface area (Å²) >= 11 is 0. The molecule has 0 fully saturated rings. The van der Waals surface area contributed by atoms with Gasteiger partial charge in [0.2, 0.25) is 0 Å². The Balaban J connectivity index is 1.35. The highest BCUT2D eigenvalue weighted by atomic mass is 19.1. The average Bonchev–Trinajstić information content (AvgIpc) is 3.26. The van der Waals surface area contributed by atoms with Gasteiger partial charge in [0.25, 0.3) is 5.91 Å². The van der Waals surface area contributed by atoms with E-state index in [1.165, 1.54) is 12.3 Å². The first-order valence-corrected chi connectivity index (χ1v) is 9.21. The summed E-state index contributed by atoms with van der Waals surface area (Å²) in [5.41, 5.74) is 2.74. The van der Waals surface area contributed by atoms with Crippen molar-refractivity contribution in [2.75, 3.05) is 5.32 Å². The highest BCUT2D eigenvalue weighted by molar-refractivity contribution is 5.95. The molecule has 1 aromatic carbocycles. The van der Waals surface area contributed by atoms with Crippen molar-refractivity contribution in [2.45, 2.75) is 13.1 Å². The number of aromatic nitrogens is 5. The van der Waals surface area contributed by atoms with Crippen LogP contribution in [0.5, 0.6) is 0 Å². The lowest BCUT2D eigenvalue weighted by atomic mass is 10.2. The summed E-state index contributed by atoms with van der Waals surface area (Å²) in [7, 11) is 0. The van der Waals surface area contributed by atoms with Crippen LogP contribution >= 0.6 is 0 Å². The standard InChI is InChI=1S/C21H18FN7O/c22-17-8-14(10-24-12-17)11-26-21(30)16-2-1-3-18(9-16)25-13-19-27-20(29-28-19)15-4-6-23-7-5-15/h1-10,12,25H,11,13H2,(H,26,30)(H,27,28,29). The second kappa shape index (κ2) is 8.91. The number of nitrogens with one attached hydrogen (secondary N) is 3. The van der Waals surface area contributed by atoms with E-state index in [1.54, 1.807) is 30.6 Å². The summed E-state index contributed by atoms with van der Waals surface area (Å²) in [5, 5.41) is 14.2. The number of H-pyrrole nitrogens is 1. The first-order chi connectivity index (χ1) is 14.7. The normalized spacial score (nSPS) is 10.6. The van der Waals surface area contributed by atoms with Gasteiger partial charge in [-0.2, -0.15) is 0 Å². The van der Waals surface area contributed by atoms with E-state index >= 15 is 0 Å². The molecular formula is C21H18FN7O. The minimum absolute atomic E-state index is 0.192. The van der Waals surface area contributed by atoms with Crippen molar-refractivity contribution in [2.24, 2.45) is 0 Å². The Morgan fingerprint density at radius 2 is 1.87 bits per heavy atom. The van der Waals surface area contributed by atoms with Gasteiger partial charge in [0.05, 0.1) is 12.7 Å². The molecule has 150 valence electrons. The van der Waals surface area contributed by atoms with E-state index in [0.29, 0.717) is 29.3 Å². The molecule has 3 N–H and O–H groups in total. The number of pyridine rings is 2. The zero-order valence-electron chi connectivity index (χ0n) is 15.8. The lowest BCUT2D eigenvalue weighted by Gasteiger charge is -2.08. The number of anilines is 1. The average molecular weight is 403 g/mol. The number of carbonyl (C=O) groups is 1. The first kappa shape index (κ1) is 19.2. The predicted octanol–water partition coefficient (Wildman–Crippen LogP) is 2.94. The molecule has 3 aromatic heterocycles. The van der Waals surface area contributed by atoms with Crippen molar-refractivity contribution in [3.63, 3.8) is 0 Å². The number of carbonyl (C=O) groups excluding carboxylic acids is 1. The zero-order valence-corrected chi connectivity index (χ0v) is 15.8. The van der Waals surface area contributed by atoms with Crippen LogP contribution < -0.4 is 10.6 Å². The molecule has 0 spiro atoms. The fraction of sp³-hybridized carbons (Fsp3) is 0.0952. The topological polar surface area (TPSA) is 108 Å². The molecule has 8 nitrogen and oxygen atoms in total. The second-order valence-corrected chi connectivity index (χ2v) is 6.48. The van der Waals surface area contributed by atoms with Gasteiger partial charge in [-0.3, -0.25) is 14.8 Å². The lowest BCUT2D eigenvalue weighted by Crippen LogP contribution is -2.23. The van der Waals surface area contributed by atoms with E-state index in [1.807, 2.05) is 18.2 Å². The Morgan fingerprint density at radius 3 is 2.70 bits per heavy atom. The first-order valence-electron chi connectivity index (χ1n) is 9.21. The van der Waals surface area contributed by atoms with Crippen LogP contribution in [0.3, 0.4) is 0 Å². The molecule has 30 heavy (non-hydrogen) atoms. The molecule has 3 heterocycles. The molecule has 0 radical (unpaired) electrons. The number of amides is 1. The van der Waals surface area contributed by atoms with E-state index in [-0.39, 0.29) is 12.5 Å². The monoisotopic (exact) mass is 403 g/mol. The van der Waals surface area contributed by atoms with Crippen molar-refractivity contribution in [3.05, 3.63) is 90.0 Å². The molecule has 1 amide bonds. The maximum Gasteiger partial charge on any atom is 0.251 e. The SMILES string of the molecule is O=C(NCc1cncc(F)c1)c1cccc(NCc2nnc(-c3ccncc3)[nH]2)c1. The summed E-state index contributed by atoms with van der Waals surface area (Å²) < 4.78 is 13.2. The minimum atomic E-state index is -0.438. The number of hydrogen-bond acceptors (Lipinski definition) is 6. The third-order valence-electron chi connectivity index (χ3n) is 4.29. The molecule has 0 aliphatic heterocycles. The lowest BCUT2D eigenvalue weighted by molar-refractivity contribution is 0.0951. The van der Waals surface area contributed by atoms with E-state index in [4.69, 9.17) is 0 Å². The van der Waals surface area contributed by atoms with Crippen LogP contribution in [0.15, 0.2) is 67.3 Å². The van der Waals surface area contributed by atoms with Crippen molar-refractivity contribution >= 4 is 11.6 Å². The number of rotatable bonds is 7. The molecule has 0 unspecified atom stereocenters. The van der Waals surface area contributed by atoms with Gasteiger partial charge in [0.15, 0.2) is 5.82 Å². The Morgan fingerprint density at radius 1 is 1.00 bits per heavy atom. The molecular weight excluding hydrogens is 385 g/mol. The Labute approximate surface area is 171 Å². The zero-order chi connectivity index (χ0) is 20.8. The summed E-state index contributed by atoms with van der Waals surface area (Å²) in [6, 6.07) is 12.1.